The van der Waals surface area contributed by atoms with Crippen molar-refractivity contribution < 1.29 is 4.39 Å². The lowest BCUT2D eigenvalue weighted by atomic mass is 10.2. The van der Waals surface area contributed by atoms with Gasteiger partial charge in [0.25, 0.3) is 0 Å². The average Bonchev–Trinajstić information content (AvgIpc) is 2.69. The van der Waals surface area contributed by atoms with E-state index in [1.54, 1.807) is 18.2 Å². The van der Waals surface area contributed by atoms with Gasteiger partial charge in [-0.2, -0.15) is 4.98 Å². The van der Waals surface area contributed by atoms with Crippen LogP contribution in [0.4, 0.5) is 27.5 Å². The predicted octanol–water partition coefficient (Wildman–Crippen LogP) is 4.30. The number of hydrogen-bond acceptors (Lipinski definition) is 5. The quantitative estimate of drug-likeness (QED) is 0.734. The molecule has 1 aliphatic heterocycles. The molecule has 1 saturated heterocycles. The second-order valence-corrected chi connectivity index (χ2v) is 7.11. The summed E-state index contributed by atoms with van der Waals surface area (Å²) < 4.78 is 13.9. The standard InChI is InChI=1S/C22H24FN5/c1-16-6-5-7-18(14-16)27-10-12-28(13-11-27)21-15-17(2)24-22(26-21)25-20-9-4-3-8-19(20)23/h3-9,14-15H,10-13H2,1-2H3,(H,24,25,26). The molecule has 6 heteroatoms. The lowest BCUT2D eigenvalue weighted by Crippen LogP contribution is -2.47. The number of aryl methyl sites for hydroxylation is 2. The van der Waals surface area contributed by atoms with E-state index in [0.717, 1.165) is 37.7 Å². The van der Waals surface area contributed by atoms with Crippen LogP contribution in [0.3, 0.4) is 0 Å². The van der Waals surface area contributed by atoms with E-state index < -0.39 is 0 Å². The number of aromatic nitrogens is 2. The first-order chi connectivity index (χ1) is 13.6. The summed E-state index contributed by atoms with van der Waals surface area (Å²) in [5.41, 5.74) is 3.77. The Labute approximate surface area is 164 Å². The second-order valence-electron chi connectivity index (χ2n) is 7.11. The molecule has 0 spiro atoms. The highest BCUT2D eigenvalue weighted by Crippen LogP contribution is 2.23. The highest BCUT2D eigenvalue weighted by atomic mass is 19.1. The Kier molecular flexibility index (Phi) is 5.10. The van der Waals surface area contributed by atoms with E-state index in [2.05, 4.69) is 56.3 Å². The lowest BCUT2D eigenvalue weighted by Gasteiger charge is -2.37. The maximum Gasteiger partial charge on any atom is 0.229 e. The molecule has 144 valence electrons. The van der Waals surface area contributed by atoms with Crippen molar-refractivity contribution in [2.24, 2.45) is 0 Å². The molecule has 2 aromatic carbocycles. The Morgan fingerprint density at radius 3 is 2.36 bits per heavy atom. The number of para-hydroxylation sites is 1. The monoisotopic (exact) mass is 377 g/mol. The molecule has 0 atom stereocenters. The zero-order valence-corrected chi connectivity index (χ0v) is 16.2. The first-order valence-corrected chi connectivity index (χ1v) is 9.52. The summed E-state index contributed by atoms with van der Waals surface area (Å²) in [5.74, 6) is 0.970. The maximum atomic E-state index is 13.9. The number of nitrogens with zero attached hydrogens (tertiary/aromatic N) is 4. The molecule has 0 radical (unpaired) electrons. The van der Waals surface area contributed by atoms with Gasteiger partial charge in [-0.25, -0.2) is 9.37 Å². The molecule has 0 bridgehead atoms. The largest absolute Gasteiger partial charge is 0.368 e. The first kappa shape index (κ1) is 18.2. The van der Waals surface area contributed by atoms with Crippen molar-refractivity contribution in [3.63, 3.8) is 0 Å². The van der Waals surface area contributed by atoms with Crippen molar-refractivity contribution >= 4 is 23.1 Å². The van der Waals surface area contributed by atoms with Crippen LogP contribution in [0.25, 0.3) is 0 Å². The smallest absolute Gasteiger partial charge is 0.229 e. The van der Waals surface area contributed by atoms with Gasteiger partial charge < -0.3 is 15.1 Å². The first-order valence-electron chi connectivity index (χ1n) is 9.52. The highest BCUT2D eigenvalue weighted by Gasteiger charge is 2.19. The summed E-state index contributed by atoms with van der Waals surface area (Å²) in [7, 11) is 0. The van der Waals surface area contributed by atoms with Crippen LogP contribution >= 0.6 is 0 Å². The van der Waals surface area contributed by atoms with Crippen molar-refractivity contribution in [3.8, 4) is 0 Å². The van der Waals surface area contributed by atoms with Gasteiger partial charge in [0.05, 0.1) is 5.69 Å². The van der Waals surface area contributed by atoms with Crippen LogP contribution in [0.5, 0.6) is 0 Å². The molecule has 2 heterocycles. The van der Waals surface area contributed by atoms with E-state index in [-0.39, 0.29) is 5.82 Å². The normalized spacial score (nSPS) is 14.2. The van der Waals surface area contributed by atoms with E-state index in [1.165, 1.54) is 17.3 Å². The van der Waals surface area contributed by atoms with Crippen LogP contribution in [0, 0.1) is 19.7 Å². The van der Waals surface area contributed by atoms with Crippen molar-refractivity contribution in [1.82, 2.24) is 9.97 Å². The van der Waals surface area contributed by atoms with E-state index in [1.807, 2.05) is 13.0 Å². The van der Waals surface area contributed by atoms with Crippen molar-refractivity contribution in [1.29, 1.82) is 0 Å². The Morgan fingerprint density at radius 1 is 0.857 bits per heavy atom. The third-order valence-corrected chi connectivity index (χ3v) is 4.93. The Hall–Kier alpha value is -3.15. The number of rotatable bonds is 4. The van der Waals surface area contributed by atoms with Gasteiger partial charge in [-0.15, -0.1) is 0 Å². The third-order valence-electron chi connectivity index (χ3n) is 4.93. The molecule has 1 fully saturated rings. The summed E-state index contributed by atoms with van der Waals surface area (Å²) in [4.78, 5) is 13.7. The number of hydrogen-bond donors (Lipinski definition) is 1. The van der Waals surface area contributed by atoms with Gasteiger partial charge in [-0.05, 0) is 43.7 Å². The van der Waals surface area contributed by atoms with E-state index in [9.17, 15) is 4.39 Å². The number of nitrogens with one attached hydrogen (secondary N) is 1. The summed E-state index contributed by atoms with van der Waals surface area (Å²) in [6.07, 6.45) is 0. The minimum absolute atomic E-state index is 0.319. The Bertz CT molecular complexity index is 967. The van der Waals surface area contributed by atoms with Gasteiger partial charge in [-0.1, -0.05) is 24.3 Å². The predicted molar refractivity (Wildman–Crippen MR) is 112 cm³/mol. The van der Waals surface area contributed by atoms with E-state index >= 15 is 0 Å². The zero-order chi connectivity index (χ0) is 19.5. The summed E-state index contributed by atoms with van der Waals surface area (Å²) in [6.45, 7) is 7.67. The molecule has 0 saturated carbocycles. The SMILES string of the molecule is Cc1cccc(N2CCN(c3cc(C)nc(Nc4ccccc4F)n3)CC2)c1. The molecule has 28 heavy (non-hydrogen) atoms. The molecular formula is C22H24FN5. The topological polar surface area (TPSA) is 44.3 Å². The highest BCUT2D eigenvalue weighted by molar-refractivity contribution is 5.57. The third kappa shape index (κ3) is 4.06. The summed E-state index contributed by atoms with van der Waals surface area (Å²) in [5, 5.41) is 3.00. The molecule has 3 aromatic rings. The molecule has 1 N–H and O–H groups in total. The van der Waals surface area contributed by atoms with E-state index in [0.29, 0.717) is 11.6 Å². The van der Waals surface area contributed by atoms with Crippen LogP contribution < -0.4 is 15.1 Å². The van der Waals surface area contributed by atoms with Crippen LogP contribution in [0.2, 0.25) is 0 Å². The van der Waals surface area contributed by atoms with Gasteiger partial charge in [0.15, 0.2) is 0 Å². The Morgan fingerprint density at radius 2 is 1.61 bits per heavy atom. The Balaban J connectivity index is 1.48. The van der Waals surface area contributed by atoms with Gasteiger partial charge in [-0.3, -0.25) is 0 Å². The van der Waals surface area contributed by atoms with E-state index in [4.69, 9.17) is 0 Å². The minimum Gasteiger partial charge on any atom is -0.368 e. The van der Waals surface area contributed by atoms with Gasteiger partial charge in [0, 0.05) is 43.6 Å². The van der Waals surface area contributed by atoms with Crippen LogP contribution in [-0.4, -0.2) is 36.1 Å². The zero-order valence-electron chi connectivity index (χ0n) is 16.2. The molecule has 0 unspecified atom stereocenters. The molecule has 0 amide bonds. The molecule has 1 aliphatic rings. The van der Waals surface area contributed by atoms with Crippen molar-refractivity contribution in [2.45, 2.75) is 13.8 Å². The van der Waals surface area contributed by atoms with Gasteiger partial charge >= 0.3 is 0 Å². The minimum atomic E-state index is -0.319. The average molecular weight is 377 g/mol. The molecular weight excluding hydrogens is 353 g/mol. The molecule has 0 aliphatic carbocycles. The number of benzene rings is 2. The summed E-state index contributed by atoms with van der Waals surface area (Å²) in [6, 6.07) is 17.1. The molecule has 5 nitrogen and oxygen atoms in total. The number of piperazine rings is 1. The molecule has 4 rings (SSSR count). The van der Waals surface area contributed by atoms with Crippen molar-refractivity contribution in [2.75, 3.05) is 41.3 Å². The maximum absolute atomic E-state index is 13.9. The fourth-order valence-electron chi connectivity index (χ4n) is 3.47. The summed E-state index contributed by atoms with van der Waals surface area (Å²) >= 11 is 0. The van der Waals surface area contributed by atoms with Gasteiger partial charge in [0.2, 0.25) is 5.95 Å². The fourth-order valence-corrected chi connectivity index (χ4v) is 3.47. The fraction of sp³-hybridized carbons (Fsp3) is 0.273. The van der Waals surface area contributed by atoms with Crippen LogP contribution in [0.1, 0.15) is 11.3 Å². The lowest BCUT2D eigenvalue weighted by molar-refractivity contribution is 0.631. The molecule has 1 aromatic heterocycles. The number of anilines is 4. The van der Waals surface area contributed by atoms with Crippen LogP contribution in [0.15, 0.2) is 54.6 Å². The number of halogens is 1. The van der Waals surface area contributed by atoms with Crippen LogP contribution in [-0.2, 0) is 0 Å². The van der Waals surface area contributed by atoms with Gasteiger partial charge in [0.1, 0.15) is 11.6 Å². The van der Waals surface area contributed by atoms with Crippen molar-refractivity contribution in [3.05, 3.63) is 71.7 Å². The second kappa shape index (κ2) is 7.84.